The van der Waals surface area contributed by atoms with E-state index in [1.54, 1.807) is 0 Å². The van der Waals surface area contributed by atoms with Crippen LogP contribution in [-0.2, 0) is 15.8 Å². The average Bonchev–Trinajstić information content (AvgIpc) is 2.74. The van der Waals surface area contributed by atoms with Gasteiger partial charge in [0.05, 0.1) is 0 Å². The van der Waals surface area contributed by atoms with E-state index >= 15 is 0 Å². The molecule has 0 aliphatic rings. The molecular formula is C27H41NO2SSi. The van der Waals surface area contributed by atoms with Gasteiger partial charge in [0.1, 0.15) is 4.75 Å². The van der Waals surface area contributed by atoms with Crippen LogP contribution in [0.4, 0.5) is 0 Å². The summed E-state index contributed by atoms with van der Waals surface area (Å²) >= 11 is -1.34. The highest BCUT2D eigenvalue weighted by Crippen LogP contribution is 2.37. The molecule has 3 nitrogen and oxygen atoms in total. The van der Waals surface area contributed by atoms with Crippen LogP contribution in [0.3, 0.4) is 0 Å². The van der Waals surface area contributed by atoms with Gasteiger partial charge >= 0.3 is 0 Å². The number of hydrogen-bond donors (Lipinski definition) is 1. The van der Waals surface area contributed by atoms with E-state index in [0.717, 1.165) is 25.7 Å². The highest BCUT2D eigenvalue weighted by molar-refractivity contribution is 7.90. The van der Waals surface area contributed by atoms with E-state index in [-0.39, 0.29) is 5.04 Å². The summed E-state index contributed by atoms with van der Waals surface area (Å²) in [6, 6.07) is 21.5. The Bertz CT molecular complexity index is 779. The Labute approximate surface area is 199 Å². The van der Waals surface area contributed by atoms with Crippen molar-refractivity contribution in [2.45, 2.75) is 70.1 Å². The van der Waals surface area contributed by atoms with Crippen LogP contribution >= 0.6 is 0 Å². The molecule has 5 heteroatoms. The molecule has 0 radical (unpaired) electrons. The van der Waals surface area contributed by atoms with Crippen LogP contribution in [0, 0.1) is 5.92 Å². The Morgan fingerprint density at radius 3 is 1.91 bits per heavy atom. The van der Waals surface area contributed by atoms with Crippen molar-refractivity contribution in [1.29, 1.82) is 0 Å². The zero-order valence-electron chi connectivity index (χ0n) is 20.5. The Hall–Kier alpha value is -1.37. The van der Waals surface area contributed by atoms with Gasteiger partial charge in [0.2, 0.25) is 0 Å². The van der Waals surface area contributed by atoms with Gasteiger partial charge in [-0.05, 0) is 54.4 Å². The van der Waals surface area contributed by atoms with Gasteiger partial charge < -0.3 is 8.98 Å². The summed E-state index contributed by atoms with van der Waals surface area (Å²) in [6.45, 7) is 15.5. The van der Waals surface area contributed by atoms with Crippen molar-refractivity contribution in [3.05, 3.63) is 73.3 Å². The van der Waals surface area contributed by atoms with Gasteiger partial charge in [0, 0.05) is 24.4 Å². The molecule has 2 N–H and O–H groups in total. The minimum atomic E-state index is -2.49. The SMILES string of the molecule is C=CCC(CCCO[Si](c1ccccc1)(c1ccccc1)C(C)(C)C)CC(C)(C)[S+](N)[O-]. The molecule has 2 aromatic carbocycles. The molecule has 0 fully saturated rings. The fourth-order valence-electron chi connectivity index (χ4n) is 4.68. The molecule has 0 spiro atoms. The molecule has 0 aromatic heterocycles. The highest BCUT2D eigenvalue weighted by Gasteiger charge is 2.50. The quantitative estimate of drug-likeness (QED) is 0.197. The van der Waals surface area contributed by atoms with Crippen LogP contribution in [0.15, 0.2) is 73.3 Å². The Kier molecular flexibility index (Phi) is 9.80. The van der Waals surface area contributed by atoms with E-state index in [4.69, 9.17) is 9.56 Å². The third-order valence-electron chi connectivity index (χ3n) is 6.32. The molecule has 0 heterocycles. The van der Waals surface area contributed by atoms with E-state index < -0.39 is 24.4 Å². The van der Waals surface area contributed by atoms with Crippen LogP contribution in [0.1, 0.15) is 60.3 Å². The maximum Gasteiger partial charge on any atom is 0.261 e. The molecule has 2 rings (SSSR count). The van der Waals surface area contributed by atoms with E-state index in [1.807, 2.05) is 19.9 Å². The van der Waals surface area contributed by atoms with Gasteiger partial charge in [-0.1, -0.05) is 87.5 Å². The summed E-state index contributed by atoms with van der Waals surface area (Å²) in [6.07, 6.45) is 5.64. The summed E-state index contributed by atoms with van der Waals surface area (Å²) in [5, 5.41) is 8.32. The van der Waals surface area contributed by atoms with Crippen LogP contribution < -0.4 is 15.5 Å². The predicted molar refractivity (Wildman–Crippen MR) is 142 cm³/mol. The van der Waals surface area contributed by atoms with Crippen LogP contribution in [0.25, 0.3) is 0 Å². The highest BCUT2D eigenvalue weighted by atomic mass is 32.2. The normalized spacial score (nSPS) is 14.7. The third kappa shape index (κ3) is 6.58. The first kappa shape index (κ1) is 26.9. The standard InChI is InChI=1S/C27H41NO2SSi/c1-7-15-23(22-27(5,6)31(28)29)16-14-21-30-32(26(2,3)4,24-17-10-8-11-18-24)25-19-12-9-13-20-25/h7-13,17-20,23H,1,14-16,21-22,28H2,2-6H3. The van der Waals surface area contributed by atoms with Gasteiger partial charge in [-0.25, -0.2) is 0 Å². The lowest BCUT2D eigenvalue weighted by Gasteiger charge is -2.43. The summed E-state index contributed by atoms with van der Waals surface area (Å²) in [7, 11) is -2.49. The number of benzene rings is 2. The summed E-state index contributed by atoms with van der Waals surface area (Å²) < 4.78 is 18.5. The fraction of sp³-hybridized carbons (Fsp3) is 0.481. The van der Waals surface area contributed by atoms with Crippen molar-refractivity contribution < 1.29 is 8.98 Å². The van der Waals surface area contributed by atoms with Gasteiger partial charge in [-0.2, -0.15) is 5.14 Å². The minimum absolute atomic E-state index is 0.0192. The Balaban J connectivity index is 2.23. The van der Waals surface area contributed by atoms with Crippen LogP contribution in [0.5, 0.6) is 0 Å². The van der Waals surface area contributed by atoms with Gasteiger partial charge in [-0.15, -0.1) is 6.58 Å². The minimum Gasteiger partial charge on any atom is -0.598 e. The van der Waals surface area contributed by atoms with E-state index in [9.17, 15) is 4.55 Å². The van der Waals surface area contributed by atoms with Gasteiger partial charge in [-0.3, -0.25) is 0 Å². The zero-order chi connectivity index (χ0) is 23.8. The topological polar surface area (TPSA) is 58.3 Å². The van der Waals surface area contributed by atoms with Crippen molar-refractivity contribution in [2.75, 3.05) is 6.61 Å². The average molecular weight is 472 g/mol. The maximum atomic E-state index is 11.9. The number of nitrogens with two attached hydrogens (primary N) is 1. The lowest BCUT2D eigenvalue weighted by atomic mass is 9.90. The predicted octanol–water partition coefficient (Wildman–Crippen LogP) is 5.33. The smallest absolute Gasteiger partial charge is 0.261 e. The summed E-state index contributed by atoms with van der Waals surface area (Å²) in [4.78, 5) is 0. The molecule has 0 saturated heterocycles. The second-order valence-electron chi connectivity index (χ2n) is 10.3. The van der Waals surface area contributed by atoms with Crippen molar-refractivity contribution in [2.24, 2.45) is 11.1 Å². The fourth-order valence-corrected chi connectivity index (χ4v) is 9.68. The lowest BCUT2D eigenvalue weighted by Crippen LogP contribution is -2.66. The van der Waals surface area contributed by atoms with Crippen molar-refractivity contribution >= 4 is 30.1 Å². The zero-order valence-corrected chi connectivity index (χ0v) is 22.3. The van der Waals surface area contributed by atoms with Crippen LogP contribution in [-0.4, -0.2) is 24.2 Å². The Morgan fingerprint density at radius 2 is 1.50 bits per heavy atom. The summed E-state index contributed by atoms with van der Waals surface area (Å²) in [5.74, 6) is 0.401. The Morgan fingerprint density at radius 1 is 1.00 bits per heavy atom. The molecular weight excluding hydrogens is 430 g/mol. The molecule has 2 unspecified atom stereocenters. The monoisotopic (exact) mass is 471 g/mol. The number of hydrogen-bond acceptors (Lipinski definition) is 3. The molecule has 0 bridgehead atoms. The molecule has 2 aromatic rings. The molecule has 2 atom stereocenters. The van der Waals surface area contributed by atoms with Crippen LogP contribution in [0.2, 0.25) is 5.04 Å². The van der Waals surface area contributed by atoms with E-state index in [1.165, 1.54) is 10.4 Å². The lowest BCUT2D eigenvalue weighted by molar-refractivity contribution is 0.269. The second kappa shape index (κ2) is 11.7. The van der Waals surface area contributed by atoms with Gasteiger partial charge in [0.15, 0.2) is 0 Å². The van der Waals surface area contributed by atoms with E-state index in [2.05, 4.69) is 88.0 Å². The second-order valence-corrected chi connectivity index (χ2v) is 16.3. The molecule has 0 saturated carbocycles. The number of rotatable bonds is 12. The first-order valence-corrected chi connectivity index (χ1v) is 14.7. The maximum absolute atomic E-state index is 11.9. The first-order chi connectivity index (χ1) is 15.0. The first-order valence-electron chi connectivity index (χ1n) is 11.6. The third-order valence-corrected chi connectivity index (χ3v) is 12.6. The molecule has 32 heavy (non-hydrogen) atoms. The molecule has 0 amide bonds. The molecule has 0 aliphatic carbocycles. The van der Waals surface area contributed by atoms with Gasteiger partial charge in [0.25, 0.3) is 8.32 Å². The molecule has 176 valence electrons. The van der Waals surface area contributed by atoms with E-state index in [0.29, 0.717) is 12.5 Å². The van der Waals surface area contributed by atoms with Crippen molar-refractivity contribution in [3.8, 4) is 0 Å². The summed E-state index contributed by atoms with van der Waals surface area (Å²) in [5.41, 5.74) is 0. The van der Waals surface area contributed by atoms with Crippen molar-refractivity contribution in [3.63, 3.8) is 0 Å². The van der Waals surface area contributed by atoms with Crippen molar-refractivity contribution in [1.82, 2.24) is 0 Å². The largest absolute Gasteiger partial charge is 0.598 e. The molecule has 0 aliphatic heterocycles. The number of allylic oxidation sites excluding steroid dienone is 1.